The standard InChI is InChI=1S/C23H33F2N3O2/c1-16-12-17(2)15-27(14-16)9-3-8-26-22(29)18-6-10-28(11-7-18)23(30)20-5-4-19(24)13-21(20)25/h4-5,13,16-18H,3,6-12,14-15H2,1-2H3,(H,26,29). The molecule has 1 aromatic carbocycles. The number of amides is 2. The quantitative estimate of drug-likeness (QED) is 0.717. The molecule has 0 bridgehead atoms. The Morgan fingerprint density at radius 1 is 1.10 bits per heavy atom. The first-order valence-electron chi connectivity index (χ1n) is 11.1. The molecule has 0 radical (unpaired) electrons. The number of halogens is 2. The summed E-state index contributed by atoms with van der Waals surface area (Å²) >= 11 is 0. The van der Waals surface area contributed by atoms with Crippen molar-refractivity contribution in [2.24, 2.45) is 17.8 Å². The van der Waals surface area contributed by atoms with Crippen molar-refractivity contribution in [3.63, 3.8) is 0 Å². The van der Waals surface area contributed by atoms with Crippen LogP contribution in [0.4, 0.5) is 8.78 Å². The molecule has 0 aliphatic carbocycles. The average Bonchev–Trinajstić information content (AvgIpc) is 2.70. The summed E-state index contributed by atoms with van der Waals surface area (Å²) in [6.45, 7) is 9.34. The molecule has 2 aliphatic heterocycles. The monoisotopic (exact) mass is 421 g/mol. The van der Waals surface area contributed by atoms with E-state index < -0.39 is 17.5 Å². The molecule has 2 unspecified atom stereocenters. The van der Waals surface area contributed by atoms with Crippen molar-refractivity contribution in [1.29, 1.82) is 0 Å². The highest BCUT2D eigenvalue weighted by atomic mass is 19.1. The van der Waals surface area contributed by atoms with Gasteiger partial charge in [-0.2, -0.15) is 0 Å². The lowest BCUT2D eigenvalue weighted by Crippen LogP contribution is -2.44. The van der Waals surface area contributed by atoms with Gasteiger partial charge in [0.2, 0.25) is 5.91 Å². The van der Waals surface area contributed by atoms with Crippen molar-refractivity contribution in [3.05, 3.63) is 35.4 Å². The van der Waals surface area contributed by atoms with Crippen LogP contribution in [0, 0.1) is 29.4 Å². The van der Waals surface area contributed by atoms with E-state index in [0.29, 0.717) is 32.5 Å². The summed E-state index contributed by atoms with van der Waals surface area (Å²) in [5.74, 6) is -0.616. The lowest BCUT2D eigenvalue weighted by Gasteiger charge is -2.35. The first kappa shape index (κ1) is 22.7. The second kappa shape index (κ2) is 10.3. The molecule has 0 saturated carbocycles. The summed E-state index contributed by atoms with van der Waals surface area (Å²) < 4.78 is 26.9. The average molecular weight is 422 g/mol. The molecule has 2 amide bonds. The predicted octanol–water partition coefficient (Wildman–Crippen LogP) is 3.30. The molecule has 0 spiro atoms. The third-order valence-corrected chi connectivity index (χ3v) is 6.21. The van der Waals surface area contributed by atoms with Crippen LogP contribution in [0.2, 0.25) is 0 Å². The van der Waals surface area contributed by atoms with Crippen LogP contribution in [0.1, 0.15) is 49.9 Å². The van der Waals surface area contributed by atoms with Gasteiger partial charge in [0.1, 0.15) is 11.6 Å². The van der Waals surface area contributed by atoms with E-state index in [-0.39, 0.29) is 17.4 Å². The minimum absolute atomic E-state index is 0.0374. The molecular formula is C23H33F2N3O2. The number of hydrogen-bond donors (Lipinski definition) is 1. The van der Waals surface area contributed by atoms with Gasteiger partial charge in [0.05, 0.1) is 5.56 Å². The van der Waals surface area contributed by atoms with Gasteiger partial charge >= 0.3 is 0 Å². The Bertz CT molecular complexity index is 740. The van der Waals surface area contributed by atoms with Crippen molar-refractivity contribution in [1.82, 2.24) is 15.1 Å². The molecule has 30 heavy (non-hydrogen) atoms. The molecule has 1 N–H and O–H groups in total. The summed E-state index contributed by atoms with van der Waals surface area (Å²) in [5.41, 5.74) is -0.124. The predicted molar refractivity (Wildman–Crippen MR) is 112 cm³/mol. The number of carbonyl (C=O) groups is 2. The first-order chi connectivity index (χ1) is 14.3. The molecule has 0 aromatic heterocycles. The largest absolute Gasteiger partial charge is 0.356 e. The topological polar surface area (TPSA) is 52.7 Å². The van der Waals surface area contributed by atoms with Gasteiger partial charge in [-0.05, 0) is 56.2 Å². The van der Waals surface area contributed by atoms with Gasteiger partial charge in [0.25, 0.3) is 5.91 Å². The van der Waals surface area contributed by atoms with Crippen LogP contribution in [-0.2, 0) is 4.79 Å². The SMILES string of the molecule is CC1CC(C)CN(CCCNC(=O)C2CCN(C(=O)c3ccc(F)cc3F)CC2)C1. The fourth-order valence-electron chi connectivity index (χ4n) is 4.81. The van der Waals surface area contributed by atoms with Crippen molar-refractivity contribution in [2.75, 3.05) is 39.3 Å². The van der Waals surface area contributed by atoms with Crippen molar-refractivity contribution in [2.45, 2.75) is 39.5 Å². The molecule has 166 valence electrons. The van der Waals surface area contributed by atoms with Crippen LogP contribution < -0.4 is 5.32 Å². The van der Waals surface area contributed by atoms with Crippen molar-refractivity contribution < 1.29 is 18.4 Å². The molecule has 7 heteroatoms. The van der Waals surface area contributed by atoms with Crippen LogP contribution in [-0.4, -0.2) is 60.9 Å². The number of hydrogen-bond acceptors (Lipinski definition) is 3. The van der Waals surface area contributed by atoms with E-state index in [2.05, 4.69) is 24.1 Å². The fourth-order valence-corrected chi connectivity index (χ4v) is 4.81. The highest BCUT2D eigenvalue weighted by Gasteiger charge is 2.29. The summed E-state index contributed by atoms with van der Waals surface area (Å²) in [6.07, 6.45) is 3.34. The smallest absolute Gasteiger partial charge is 0.256 e. The number of nitrogens with zero attached hydrogens (tertiary/aromatic N) is 2. The van der Waals surface area contributed by atoms with Crippen LogP contribution in [0.5, 0.6) is 0 Å². The number of carbonyl (C=O) groups excluding carboxylic acids is 2. The van der Waals surface area contributed by atoms with Crippen molar-refractivity contribution >= 4 is 11.8 Å². The maximum absolute atomic E-state index is 13.9. The lowest BCUT2D eigenvalue weighted by molar-refractivity contribution is -0.126. The van der Waals surface area contributed by atoms with E-state index in [9.17, 15) is 18.4 Å². The highest BCUT2D eigenvalue weighted by molar-refractivity contribution is 5.94. The van der Waals surface area contributed by atoms with Gasteiger partial charge in [-0.15, -0.1) is 0 Å². The zero-order valence-electron chi connectivity index (χ0n) is 18.0. The van der Waals surface area contributed by atoms with Crippen LogP contribution in [0.15, 0.2) is 18.2 Å². The second-order valence-electron chi connectivity index (χ2n) is 9.04. The second-order valence-corrected chi connectivity index (χ2v) is 9.04. The maximum Gasteiger partial charge on any atom is 0.256 e. The number of nitrogens with one attached hydrogen (secondary N) is 1. The van der Waals surface area contributed by atoms with Gasteiger partial charge in [-0.25, -0.2) is 8.78 Å². The highest BCUT2D eigenvalue weighted by Crippen LogP contribution is 2.22. The molecule has 2 fully saturated rings. The Kier molecular flexibility index (Phi) is 7.81. The van der Waals surface area contributed by atoms with Crippen molar-refractivity contribution in [3.8, 4) is 0 Å². The zero-order chi connectivity index (χ0) is 21.7. The number of rotatable bonds is 6. The Morgan fingerprint density at radius 3 is 2.40 bits per heavy atom. The summed E-state index contributed by atoms with van der Waals surface area (Å²) in [4.78, 5) is 29.0. The number of likely N-dealkylation sites (tertiary alicyclic amines) is 2. The Hall–Kier alpha value is -2.02. The Balaban J connectivity index is 1.37. The van der Waals surface area contributed by atoms with E-state index in [0.717, 1.165) is 50.0 Å². The van der Waals surface area contributed by atoms with Gasteiger partial charge in [0.15, 0.2) is 0 Å². The van der Waals surface area contributed by atoms with Crippen LogP contribution >= 0.6 is 0 Å². The summed E-state index contributed by atoms with van der Waals surface area (Å²) in [5, 5.41) is 3.03. The number of benzene rings is 1. The van der Waals surface area contributed by atoms with E-state index in [1.165, 1.54) is 12.5 Å². The van der Waals surface area contributed by atoms with Gasteiger partial charge in [-0.1, -0.05) is 13.8 Å². The zero-order valence-corrected chi connectivity index (χ0v) is 18.0. The molecule has 2 heterocycles. The molecule has 2 saturated heterocycles. The summed E-state index contributed by atoms with van der Waals surface area (Å²) in [6, 6.07) is 2.98. The minimum atomic E-state index is -0.850. The van der Waals surface area contributed by atoms with E-state index >= 15 is 0 Å². The van der Waals surface area contributed by atoms with E-state index in [1.807, 2.05) is 0 Å². The van der Waals surface area contributed by atoms with Gasteiger partial charge in [-0.3, -0.25) is 9.59 Å². The van der Waals surface area contributed by atoms with E-state index in [4.69, 9.17) is 0 Å². The minimum Gasteiger partial charge on any atom is -0.356 e. The third-order valence-electron chi connectivity index (χ3n) is 6.21. The normalized spacial score (nSPS) is 23.4. The maximum atomic E-state index is 13.9. The fraction of sp³-hybridized carbons (Fsp3) is 0.652. The lowest BCUT2D eigenvalue weighted by atomic mass is 9.92. The molecule has 2 aliphatic rings. The molecule has 1 aromatic rings. The molecule has 2 atom stereocenters. The van der Waals surface area contributed by atoms with E-state index in [1.54, 1.807) is 4.90 Å². The molecule has 3 rings (SSSR count). The Morgan fingerprint density at radius 2 is 1.77 bits per heavy atom. The Labute approximate surface area is 177 Å². The first-order valence-corrected chi connectivity index (χ1v) is 11.1. The third kappa shape index (κ3) is 6.00. The van der Waals surface area contributed by atoms with Crippen LogP contribution in [0.25, 0.3) is 0 Å². The van der Waals surface area contributed by atoms with Gasteiger partial charge in [0, 0.05) is 44.7 Å². The van der Waals surface area contributed by atoms with Gasteiger partial charge < -0.3 is 15.1 Å². The van der Waals surface area contributed by atoms with Crippen LogP contribution in [0.3, 0.4) is 0 Å². The molecular weight excluding hydrogens is 388 g/mol. The number of piperidine rings is 2. The summed E-state index contributed by atoms with van der Waals surface area (Å²) in [7, 11) is 0. The molecule has 5 nitrogen and oxygen atoms in total.